The monoisotopic (exact) mass is 241 g/mol. The minimum atomic E-state index is -1.14. The van der Waals surface area contributed by atoms with Crippen LogP contribution in [0.5, 0.6) is 6.01 Å². The van der Waals surface area contributed by atoms with Gasteiger partial charge in [-0.25, -0.2) is 4.79 Å². The predicted molar refractivity (Wildman–Crippen MR) is 59.0 cm³/mol. The lowest BCUT2D eigenvalue weighted by molar-refractivity contribution is 0.0698. The molecule has 1 aromatic carbocycles. The van der Waals surface area contributed by atoms with Crippen LogP contribution >= 0.6 is 11.6 Å². The average molecular weight is 242 g/mol. The van der Waals surface area contributed by atoms with Crippen molar-refractivity contribution in [2.45, 2.75) is 0 Å². The molecule has 0 aliphatic rings. The van der Waals surface area contributed by atoms with Crippen molar-refractivity contribution in [1.29, 1.82) is 0 Å². The number of methoxy groups -OCH3 is 1. The summed E-state index contributed by atoms with van der Waals surface area (Å²) in [5, 5.41) is 9.02. The molecule has 1 aromatic heterocycles. The second-order valence-corrected chi connectivity index (χ2v) is 3.48. The van der Waals surface area contributed by atoms with Crippen LogP contribution in [0.15, 0.2) is 6.07 Å². The number of aromatic carboxylic acids is 1. The molecule has 16 heavy (non-hydrogen) atoms. The number of ether oxygens (including phenoxy) is 1. The maximum absolute atomic E-state index is 10.9. The summed E-state index contributed by atoms with van der Waals surface area (Å²) in [6.07, 6.45) is 0. The van der Waals surface area contributed by atoms with Crippen LogP contribution in [-0.2, 0) is 0 Å². The highest BCUT2D eigenvalue weighted by atomic mass is 35.5. The first kappa shape index (κ1) is 10.6. The number of aromatic amines is 1. The van der Waals surface area contributed by atoms with Gasteiger partial charge in [0, 0.05) is 0 Å². The van der Waals surface area contributed by atoms with Gasteiger partial charge >= 0.3 is 5.97 Å². The molecule has 0 spiro atoms. The highest BCUT2D eigenvalue weighted by molar-refractivity contribution is 6.38. The number of carboxylic acids is 1. The molecule has 2 rings (SSSR count). The quantitative estimate of drug-likeness (QED) is 0.692. The number of hydrogen-bond donors (Lipinski definition) is 3. The second kappa shape index (κ2) is 3.57. The molecule has 0 bridgehead atoms. The standard InChI is InChI=1S/C9H8ClN3O3/c1-16-9-12-4-2-3(8(14)15)6(11)5(10)7(4)13-9/h2H,11H2,1H3,(H,12,13)(H,14,15). The highest BCUT2D eigenvalue weighted by Crippen LogP contribution is 2.32. The summed E-state index contributed by atoms with van der Waals surface area (Å²) in [5.41, 5.74) is 6.38. The van der Waals surface area contributed by atoms with Gasteiger partial charge in [0.2, 0.25) is 0 Å². The van der Waals surface area contributed by atoms with Crippen molar-refractivity contribution in [3.05, 3.63) is 16.7 Å². The number of nitrogens with zero attached hydrogens (tertiary/aromatic N) is 1. The van der Waals surface area contributed by atoms with Gasteiger partial charge in [0.05, 0.1) is 28.9 Å². The molecule has 2 aromatic rings. The van der Waals surface area contributed by atoms with Gasteiger partial charge in [-0.05, 0) is 6.07 Å². The van der Waals surface area contributed by atoms with Gasteiger partial charge in [-0.2, -0.15) is 4.98 Å². The highest BCUT2D eigenvalue weighted by Gasteiger charge is 2.17. The maximum atomic E-state index is 10.9. The molecule has 0 amide bonds. The lowest BCUT2D eigenvalue weighted by atomic mass is 10.1. The van der Waals surface area contributed by atoms with Crippen LogP contribution in [0.2, 0.25) is 5.02 Å². The fraction of sp³-hybridized carbons (Fsp3) is 0.111. The van der Waals surface area contributed by atoms with Crippen LogP contribution in [0.4, 0.5) is 5.69 Å². The minimum Gasteiger partial charge on any atom is -0.478 e. The van der Waals surface area contributed by atoms with E-state index in [9.17, 15) is 4.79 Å². The Morgan fingerprint density at radius 2 is 2.38 bits per heavy atom. The third-order valence-electron chi connectivity index (χ3n) is 2.16. The number of aromatic nitrogens is 2. The van der Waals surface area contributed by atoms with E-state index in [1.165, 1.54) is 13.2 Å². The third-order valence-corrected chi connectivity index (χ3v) is 2.54. The molecular formula is C9H8ClN3O3. The van der Waals surface area contributed by atoms with Gasteiger partial charge < -0.3 is 20.6 Å². The lowest BCUT2D eigenvalue weighted by Gasteiger charge is -2.02. The summed E-state index contributed by atoms with van der Waals surface area (Å²) in [5.74, 6) is -1.14. The number of rotatable bonds is 2. The van der Waals surface area contributed by atoms with E-state index in [0.717, 1.165) is 0 Å². The average Bonchev–Trinajstić information content (AvgIpc) is 2.66. The number of nitrogens with one attached hydrogen (secondary N) is 1. The van der Waals surface area contributed by atoms with E-state index >= 15 is 0 Å². The number of H-pyrrole nitrogens is 1. The number of carboxylic acid groups (broad SMARTS) is 1. The van der Waals surface area contributed by atoms with E-state index < -0.39 is 5.97 Å². The number of nitrogens with two attached hydrogens (primary N) is 1. The number of benzene rings is 1. The van der Waals surface area contributed by atoms with Gasteiger partial charge in [0.15, 0.2) is 0 Å². The summed E-state index contributed by atoms with van der Waals surface area (Å²) < 4.78 is 4.88. The minimum absolute atomic E-state index is 0.00387. The fourth-order valence-electron chi connectivity index (χ4n) is 1.38. The smallest absolute Gasteiger partial charge is 0.337 e. The van der Waals surface area contributed by atoms with Crippen molar-refractivity contribution in [3.8, 4) is 6.01 Å². The number of halogens is 1. The zero-order valence-electron chi connectivity index (χ0n) is 8.24. The fourth-order valence-corrected chi connectivity index (χ4v) is 1.62. The zero-order valence-corrected chi connectivity index (χ0v) is 9.00. The van der Waals surface area contributed by atoms with E-state index in [4.69, 9.17) is 27.2 Å². The number of carbonyl (C=O) groups is 1. The van der Waals surface area contributed by atoms with Crippen LogP contribution < -0.4 is 10.5 Å². The van der Waals surface area contributed by atoms with Crippen molar-refractivity contribution in [2.24, 2.45) is 0 Å². The molecule has 0 aliphatic carbocycles. The largest absolute Gasteiger partial charge is 0.478 e. The molecule has 84 valence electrons. The molecule has 0 unspecified atom stereocenters. The van der Waals surface area contributed by atoms with Crippen molar-refractivity contribution in [3.63, 3.8) is 0 Å². The Kier molecular flexibility index (Phi) is 2.35. The van der Waals surface area contributed by atoms with E-state index in [1.54, 1.807) is 0 Å². The molecule has 0 atom stereocenters. The van der Waals surface area contributed by atoms with Crippen molar-refractivity contribution >= 4 is 34.3 Å². The van der Waals surface area contributed by atoms with Crippen LogP contribution in [0.3, 0.4) is 0 Å². The number of fused-ring (bicyclic) bond motifs is 1. The zero-order chi connectivity index (χ0) is 11.9. The first-order valence-corrected chi connectivity index (χ1v) is 4.67. The van der Waals surface area contributed by atoms with Crippen molar-refractivity contribution in [1.82, 2.24) is 9.97 Å². The van der Waals surface area contributed by atoms with Crippen LogP contribution in [-0.4, -0.2) is 28.2 Å². The molecule has 0 fully saturated rings. The summed E-state index contributed by atoms with van der Waals surface area (Å²) >= 11 is 5.92. The molecule has 0 saturated carbocycles. The normalized spacial score (nSPS) is 10.6. The van der Waals surface area contributed by atoms with Gasteiger partial charge in [0.25, 0.3) is 6.01 Å². The summed E-state index contributed by atoms with van der Waals surface area (Å²) in [6, 6.07) is 1.62. The molecule has 6 nitrogen and oxygen atoms in total. The lowest BCUT2D eigenvalue weighted by Crippen LogP contribution is -2.03. The van der Waals surface area contributed by atoms with Gasteiger partial charge in [-0.3, -0.25) is 0 Å². The summed E-state index contributed by atoms with van der Waals surface area (Å²) in [7, 11) is 1.44. The van der Waals surface area contributed by atoms with Gasteiger partial charge in [-0.1, -0.05) is 11.6 Å². The van der Waals surface area contributed by atoms with Gasteiger partial charge in [0.1, 0.15) is 5.52 Å². The number of anilines is 1. The molecule has 0 saturated heterocycles. The second-order valence-electron chi connectivity index (χ2n) is 3.10. The van der Waals surface area contributed by atoms with Crippen molar-refractivity contribution < 1.29 is 14.6 Å². The predicted octanol–water partition coefficient (Wildman–Crippen LogP) is 1.51. The van der Waals surface area contributed by atoms with Gasteiger partial charge in [-0.15, -0.1) is 0 Å². The van der Waals surface area contributed by atoms with E-state index in [1.807, 2.05) is 0 Å². The Morgan fingerprint density at radius 3 is 2.94 bits per heavy atom. The van der Waals surface area contributed by atoms with Crippen LogP contribution in [0.1, 0.15) is 10.4 Å². The topological polar surface area (TPSA) is 101 Å². The molecule has 7 heteroatoms. The SMILES string of the molecule is COc1nc2c(Cl)c(N)c(C(=O)O)cc2[nH]1. The first-order chi connectivity index (χ1) is 7.54. The van der Waals surface area contributed by atoms with E-state index in [-0.39, 0.29) is 22.3 Å². The maximum Gasteiger partial charge on any atom is 0.337 e. The Labute approximate surface area is 95.0 Å². The molecule has 0 aliphatic heterocycles. The number of imidazole rings is 1. The summed E-state index contributed by atoms with van der Waals surface area (Å²) in [4.78, 5) is 17.7. The molecular weight excluding hydrogens is 234 g/mol. The summed E-state index contributed by atoms with van der Waals surface area (Å²) in [6.45, 7) is 0. The van der Waals surface area contributed by atoms with E-state index in [0.29, 0.717) is 11.0 Å². The van der Waals surface area contributed by atoms with Crippen LogP contribution in [0, 0.1) is 0 Å². The Balaban J connectivity index is 2.80. The van der Waals surface area contributed by atoms with Crippen molar-refractivity contribution in [2.75, 3.05) is 12.8 Å². The number of hydrogen-bond acceptors (Lipinski definition) is 4. The Bertz CT molecular complexity index is 579. The van der Waals surface area contributed by atoms with E-state index in [2.05, 4.69) is 9.97 Å². The first-order valence-electron chi connectivity index (χ1n) is 4.29. The number of nitrogen functional groups attached to an aromatic ring is 1. The molecule has 1 heterocycles. The Hall–Kier alpha value is -1.95. The third kappa shape index (κ3) is 1.43. The van der Waals surface area contributed by atoms with Crippen LogP contribution in [0.25, 0.3) is 11.0 Å². The Morgan fingerprint density at radius 1 is 1.69 bits per heavy atom. The molecule has 4 N–H and O–H groups in total. The molecule has 0 radical (unpaired) electrons.